The first-order valence-electron chi connectivity index (χ1n) is 4.13. The zero-order chi connectivity index (χ0) is 8.27. The molecule has 1 aliphatic rings. The second kappa shape index (κ2) is 3.72. The maximum Gasteiger partial charge on any atom is 0.0909 e. The van der Waals surface area contributed by atoms with Crippen LogP contribution < -0.4 is 5.73 Å². The molecule has 0 aliphatic heterocycles. The number of amidine groups is 1. The van der Waals surface area contributed by atoms with Crippen LogP contribution in [-0.2, 0) is 4.74 Å². The average Bonchev–Trinajstić information content (AvgIpc) is 1.82. The van der Waals surface area contributed by atoms with Crippen molar-refractivity contribution in [1.82, 2.24) is 0 Å². The summed E-state index contributed by atoms with van der Waals surface area (Å²) >= 11 is 0. The molecular formula is C8H16N2O. The Morgan fingerprint density at radius 1 is 1.64 bits per heavy atom. The Balaban J connectivity index is 2.14. The highest BCUT2D eigenvalue weighted by Crippen LogP contribution is 2.25. The fourth-order valence-electron chi connectivity index (χ4n) is 1.30. The minimum absolute atomic E-state index is 0.427. The Morgan fingerprint density at radius 2 is 2.27 bits per heavy atom. The highest BCUT2D eigenvalue weighted by molar-refractivity contribution is 5.77. The molecule has 0 spiro atoms. The summed E-state index contributed by atoms with van der Waals surface area (Å²) < 4.78 is 5.38. The van der Waals surface area contributed by atoms with Crippen molar-refractivity contribution in [2.24, 2.45) is 10.7 Å². The maximum atomic E-state index is 5.43. The summed E-state index contributed by atoms with van der Waals surface area (Å²) in [4.78, 5) is 4.23. The lowest BCUT2D eigenvalue weighted by molar-refractivity contribution is -0.000710. The van der Waals surface area contributed by atoms with Crippen LogP contribution in [0.25, 0.3) is 0 Å². The minimum Gasteiger partial charge on any atom is -0.388 e. The number of nitrogens with two attached hydrogens (primary N) is 1. The summed E-state index contributed by atoms with van der Waals surface area (Å²) in [6.45, 7) is 4.65. The molecule has 0 atom stereocenters. The Kier molecular flexibility index (Phi) is 2.88. The smallest absolute Gasteiger partial charge is 0.0909 e. The molecule has 3 heteroatoms. The van der Waals surface area contributed by atoms with Gasteiger partial charge in [0.15, 0.2) is 0 Å². The summed E-state index contributed by atoms with van der Waals surface area (Å²) in [5, 5.41) is 0. The van der Waals surface area contributed by atoms with E-state index in [1.165, 1.54) is 0 Å². The van der Waals surface area contributed by atoms with Gasteiger partial charge >= 0.3 is 0 Å². The van der Waals surface area contributed by atoms with Crippen LogP contribution in [0.2, 0.25) is 0 Å². The monoisotopic (exact) mass is 156 g/mol. The van der Waals surface area contributed by atoms with E-state index >= 15 is 0 Å². The van der Waals surface area contributed by atoms with E-state index in [1.54, 1.807) is 0 Å². The van der Waals surface area contributed by atoms with E-state index in [0.717, 1.165) is 19.4 Å². The molecule has 0 heterocycles. The topological polar surface area (TPSA) is 47.6 Å². The standard InChI is InChI=1S/C8H16N2O/c1-3-11-8-4-7(5-8)10-6(2)9/h7-8H,3-5H2,1-2H3,(H2,9,10). The summed E-state index contributed by atoms with van der Waals surface area (Å²) in [6.07, 6.45) is 2.53. The minimum atomic E-state index is 0.427. The Morgan fingerprint density at radius 3 is 2.73 bits per heavy atom. The summed E-state index contributed by atoms with van der Waals surface area (Å²) in [5.74, 6) is 0.685. The number of nitrogens with zero attached hydrogens (tertiary/aromatic N) is 1. The van der Waals surface area contributed by atoms with E-state index in [0.29, 0.717) is 18.0 Å². The van der Waals surface area contributed by atoms with Crippen LogP contribution in [0.15, 0.2) is 4.99 Å². The molecule has 0 amide bonds. The highest BCUT2D eigenvalue weighted by Gasteiger charge is 2.28. The third-order valence-corrected chi connectivity index (χ3v) is 1.86. The molecule has 0 radical (unpaired) electrons. The van der Waals surface area contributed by atoms with Crippen LogP contribution >= 0.6 is 0 Å². The van der Waals surface area contributed by atoms with Gasteiger partial charge in [-0.1, -0.05) is 0 Å². The van der Waals surface area contributed by atoms with Gasteiger partial charge in [-0.3, -0.25) is 4.99 Å². The molecule has 0 aromatic heterocycles. The molecular weight excluding hydrogens is 140 g/mol. The number of ether oxygens (including phenoxy) is 1. The van der Waals surface area contributed by atoms with Gasteiger partial charge in [0.1, 0.15) is 0 Å². The van der Waals surface area contributed by atoms with Gasteiger partial charge in [0.05, 0.1) is 18.0 Å². The largest absolute Gasteiger partial charge is 0.388 e. The van der Waals surface area contributed by atoms with Crippen LogP contribution in [0.3, 0.4) is 0 Å². The molecule has 0 unspecified atom stereocenters. The van der Waals surface area contributed by atoms with Crippen molar-refractivity contribution in [1.29, 1.82) is 0 Å². The zero-order valence-electron chi connectivity index (χ0n) is 7.21. The van der Waals surface area contributed by atoms with Gasteiger partial charge in [0.2, 0.25) is 0 Å². The van der Waals surface area contributed by atoms with Crippen LogP contribution in [0.4, 0.5) is 0 Å². The molecule has 11 heavy (non-hydrogen) atoms. The molecule has 1 saturated carbocycles. The lowest BCUT2D eigenvalue weighted by atomic mass is 9.90. The molecule has 1 rings (SSSR count). The van der Waals surface area contributed by atoms with Crippen molar-refractivity contribution in [3.8, 4) is 0 Å². The van der Waals surface area contributed by atoms with Gasteiger partial charge in [-0.2, -0.15) is 0 Å². The predicted octanol–water partition coefficient (Wildman–Crippen LogP) is 0.931. The molecule has 2 N–H and O–H groups in total. The zero-order valence-corrected chi connectivity index (χ0v) is 7.21. The van der Waals surface area contributed by atoms with E-state index in [4.69, 9.17) is 10.5 Å². The van der Waals surface area contributed by atoms with Crippen LogP contribution in [-0.4, -0.2) is 24.6 Å². The fraction of sp³-hybridized carbons (Fsp3) is 0.875. The predicted molar refractivity (Wildman–Crippen MR) is 45.7 cm³/mol. The van der Waals surface area contributed by atoms with Gasteiger partial charge < -0.3 is 10.5 Å². The summed E-state index contributed by atoms with van der Waals surface area (Å²) in [7, 11) is 0. The molecule has 0 bridgehead atoms. The first kappa shape index (κ1) is 8.53. The summed E-state index contributed by atoms with van der Waals surface area (Å²) in [5.41, 5.74) is 5.43. The number of hydrogen-bond acceptors (Lipinski definition) is 2. The second-order valence-electron chi connectivity index (χ2n) is 2.97. The van der Waals surface area contributed by atoms with Gasteiger partial charge in [-0.25, -0.2) is 0 Å². The maximum absolute atomic E-state index is 5.43. The van der Waals surface area contributed by atoms with Crippen LogP contribution in [0.1, 0.15) is 26.7 Å². The van der Waals surface area contributed by atoms with Crippen LogP contribution in [0.5, 0.6) is 0 Å². The Bertz CT molecular complexity index is 146. The van der Waals surface area contributed by atoms with Crippen LogP contribution in [0, 0.1) is 0 Å². The van der Waals surface area contributed by atoms with Crippen molar-refractivity contribution in [3.63, 3.8) is 0 Å². The molecule has 1 fully saturated rings. The molecule has 0 saturated heterocycles. The molecule has 1 aliphatic carbocycles. The Labute approximate surface area is 67.6 Å². The van der Waals surface area contributed by atoms with E-state index in [2.05, 4.69) is 4.99 Å². The summed E-state index contributed by atoms with van der Waals surface area (Å²) in [6, 6.07) is 0.427. The average molecular weight is 156 g/mol. The van der Waals surface area contributed by atoms with E-state index in [9.17, 15) is 0 Å². The first-order chi connectivity index (χ1) is 5.22. The third kappa shape index (κ3) is 2.50. The first-order valence-corrected chi connectivity index (χ1v) is 4.13. The fourth-order valence-corrected chi connectivity index (χ4v) is 1.30. The SMILES string of the molecule is CCOC1CC(N=C(C)N)C1. The van der Waals surface area contributed by atoms with Crippen molar-refractivity contribution < 1.29 is 4.74 Å². The number of aliphatic imine (C=N–C) groups is 1. The molecule has 0 aromatic rings. The normalized spacial score (nSPS) is 31.6. The lowest BCUT2D eigenvalue weighted by Gasteiger charge is -2.32. The van der Waals surface area contributed by atoms with Crippen molar-refractivity contribution in [3.05, 3.63) is 0 Å². The Hall–Kier alpha value is -0.570. The van der Waals surface area contributed by atoms with E-state index in [1.807, 2.05) is 13.8 Å². The molecule has 64 valence electrons. The second-order valence-corrected chi connectivity index (χ2v) is 2.97. The van der Waals surface area contributed by atoms with Crippen molar-refractivity contribution in [2.45, 2.75) is 38.8 Å². The lowest BCUT2D eigenvalue weighted by Crippen LogP contribution is -2.35. The van der Waals surface area contributed by atoms with Gasteiger partial charge in [0.25, 0.3) is 0 Å². The van der Waals surface area contributed by atoms with Crippen molar-refractivity contribution >= 4 is 5.84 Å². The third-order valence-electron chi connectivity index (χ3n) is 1.86. The molecule has 0 aromatic carbocycles. The molecule has 3 nitrogen and oxygen atoms in total. The van der Waals surface area contributed by atoms with Gasteiger partial charge in [-0.05, 0) is 26.7 Å². The number of rotatable bonds is 3. The van der Waals surface area contributed by atoms with Gasteiger partial charge in [0, 0.05) is 6.61 Å². The van der Waals surface area contributed by atoms with Crippen molar-refractivity contribution in [2.75, 3.05) is 6.61 Å². The van der Waals surface area contributed by atoms with Gasteiger partial charge in [-0.15, -0.1) is 0 Å². The quantitative estimate of drug-likeness (QED) is 0.488. The van der Waals surface area contributed by atoms with E-state index in [-0.39, 0.29) is 0 Å². The number of hydrogen-bond donors (Lipinski definition) is 1. The highest BCUT2D eigenvalue weighted by atomic mass is 16.5. The van der Waals surface area contributed by atoms with E-state index < -0.39 is 0 Å².